The second-order valence-corrected chi connectivity index (χ2v) is 4.95. The van der Waals surface area contributed by atoms with E-state index < -0.39 is 43.0 Å². The Balaban J connectivity index is 4.28. The molecule has 0 spiro atoms. The number of carbonyl (C=O) groups is 1. The minimum absolute atomic E-state index is 0.202. The molecule has 0 saturated heterocycles. The molecular weight excluding hydrogens is 282 g/mol. The summed E-state index contributed by atoms with van der Waals surface area (Å²) in [5, 5.41) is 49.3. The van der Waals surface area contributed by atoms with Crippen LogP contribution in [-0.4, -0.2) is 81.6 Å². The standard InChI is InChI=1S/C12H27N3O6/c13-4-2-1-3-7(12(14)21)15-5-8(17)10(19)11(20)9(18)6-16/h7-11,15-20H,1-6,13H2,(H2,14,21)/t7?,8-,9+,10+,11+/m0/s1. The molecule has 0 aromatic rings. The number of primary amides is 1. The highest BCUT2D eigenvalue weighted by molar-refractivity contribution is 5.79. The van der Waals surface area contributed by atoms with Crippen molar-refractivity contribution in [2.24, 2.45) is 11.5 Å². The predicted molar refractivity (Wildman–Crippen MR) is 75.0 cm³/mol. The first-order chi connectivity index (χ1) is 9.84. The van der Waals surface area contributed by atoms with Gasteiger partial charge in [-0.05, 0) is 19.4 Å². The van der Waals surface area contributed by atoms with E-state index in [1.54, 1.807) is 0 Å². The molecule has 1 amide bonds. The molecule has 126 valence electrons. The fraction of sp³-hybridized carbons (Fsp3) is 0.917. The van der Waals surface area contributed by atoms with E-state index >= 15 is 0 Å². The molecule has 0 aromatic heterocycles. The van der Waals surface area contributed by atoms with Crippen LogP contribution >= 0.6 is 0 Å². The number of carbonyl (C=O) groups excluding carboxylic acids is 1. The fourth-order valence-electron chi connectivity index (χ4n) is 1.78. The average molecular weight is 309 g/mol. The van der Waals surface area contributed by atoms with Gasteiger partial charge in [-0.3, -0.25) is 4.79 Å². The number of nitrogens with one attached hydrogen (secondary N) is 1. The number of aliphatic hydroxyl groups is 5. The summed E-state index contributed by atoms with van der Waals surface area (Å²) in [6.45, 7) is -0.452. The number of hydrogen-bond acceptors (Lipinski definition) is 8. The van der Waals surface area contributed by atoms with Gasteiger partial charge in [-0.25, -0.2) is 0 Å². The Labute approximate surface area is 123 Å². The highest BCUT2D eigenvalue weighted by Gasteiger charge is 2.30. The first-order valence-electron chi connectivity index (χ1n) is 6.91. The van der Waals surface area contributed by atoms with Gasteiger partial charge in [-0.15, -0.1) is 0 Å². The Kier molecular flexibility index (Phi) is 10.4. The van der Waals surface area contributed by atoms with E-state index in [0.717, 1.165) is 6.42 Å². The normalized spacial score (nSPS) is 18.8. The second-order valence-electron chi connectivity index (χ2n) is 4.95. The average Bonchev–Trinajstić information content (AvgIpc) is 2.47. The molecule has 1 unspecified atom stereocenters. The van der Waals surface area contributed by atoms with Crippen molar-refractivity contribution in [1.82, 2.24) is 5.32 Å². The summed E-state index contributed by atoms with van der Waals surface area (Å²) in [4.78, 5) is 11.2. The summed E-state index contributed by atoms with van der Waals surface area (Å²) in [5.74, 6) is -0.593. The molecule has 0 aliphatic heterocycles. The van der Waals surface area contributed by atoms with Gasteiger partial charge >= 0.3 is 0 Å². The van der Waals surface area contributed by atoms with Crippen molar-refractivity contribution < 1.29 is 30.3 Å². The van der Waals surface area contributed by atoms with Crippen LogP contribution in [0.25, 0.3) is 0 Å². The first kappa shape index (κ1) is 20.2. The van der Waals surface area contributed by atoms with E-state index in [0.29, 0.717) is 19.4 Å². The summed E-state index contributed by atoms with van der Waals surface area (Å²) in [5.41, 5.74) is 10.6. The van der Waals surface area contributed by atoms with Gasteiger partial charge in [0.2, 0.25) is 5.91 Å². The van der Waals surface area contributed by atoms with Gasteiger partial charge in [-0.1, -0.05) is 6.42 Å². The SMILES string of the molecule is NCCCCC(NC[C@H](O)[C@@H](O)[C@H](O)[C@H](O)CO)C(N)=O. The third-order valence-corrected chi connectivity index (χ3v) is 3.19. The van der Waals surface area contributed by atoms with Crippen molar-refractivity contribution in [2.45, 2.75) is 49.7 Å². The molecule has 9 nitrogen and oxygen atoms in total. The zero-order valence-electron chi connectivity index (χ0n) is 11.9. The highest BCUT2D eigenvalue weighted by atomic mass is 16.4. The molecule has 0 heterocycles. The van der Waals surface area contributed by atoms with E-state index in [1.807, 2.05) is 0 Å². The molecule has 0 saturated carbocycles. The van der Waals surface area contributed by atoms with Crippen LogP contribution < -0.4 is 16.8 Å². The number of rotatable bonds is 12. The van der Waals surface area contributed by atoms with E-state index in [-0.39, 0.29) is 6.54 Å². The Hall–Kier alpha value is -0.810. The number of aliphatic hydroxyl groups excluding tert-OH is 5. The zero-order valence-corrected chi connectivity index (χ0v) is 11.9. The second kappa shape index (κ2) is 10.9. The van der Waals surface area contributed by atoms with Crippen LogP contribution in [0.15, 0.2) is 0 Å². The van der Waals surface area contributed by atoms with Crippen molar-refractivity contribution in [3.8, 4) is 0 Å². The highest BCUT2D eigenvalue weighted by Crippen LogP contribution is 2.06. The fourth-order valence-corrected chi connectivity index (χ4v) is 1.78. The number of nitrogens with two attached hydrogens (primary N) is 2. The van der Waals surface area contributed by atoms with Crippen LogP contribution in [0.5, 0.6) is 0 Å². The molecule has 5 atom stereocenters. The minimum Gasteiger partial charge on any atom is -0.394 e. The van der Waals surface area contributed by atoms with Gasteiger partial charge in [0.05, 0.1) is 18.8 Å². The molecular formula is C12H27N3O6. The molecule has 0 aliphatic rings. The van der Waals surface area contributed by atoms with Crippen LogP contribution in [0.3, 0.4) is 0 Å². The zero-order chi connectivity index (χ0) is 16.4. The van der Waals surface area contributed by atoms with Gasteiger partial charge in [0.25, 0.3) is 0 Å². The number of hydrogen-bond donors (Lipinski definition) is 8. The molecule has 21 heavy (non-hydrogen) atoms. The van der Waals surface area contributed by atoms with Crippen molar-refractivity contribution in [2.75, 3.05) is 19.7 Å². The van der Waals surface area contributed by atoms with Crippen LogP contribution in [0.2, 0.25) is 0 Å². The third-order valence-electron chi connectivity index (χ3n) is 3.19. The Morgan fingerprint density at radius 1 is 1.05 bits per heavy atom. The van der Waals surface area contributed by atoms with Crippen molar-refractivity contribution in [3.63, 3.8) is 0 Å². The van der Waals surface area contributed by atoms with Crippen LogP contribution in [0.4, 0.5) is 0 Å². The minimum atomic E-state index is -1.70. The molecule has 0 radical (unpaired) electrons. The van der Waals surface area contributed by atoms with Crippen LogP contribution in [0.1, 0.15) is 19.3 Å². The maximum absolute atomic E-state index is 11.2. The van der Waals surface area contributed by atoms with E-state index in [9.17, 15) is 25.2 Å². The largest absolute Gasteiger partial charge is 0.394 e. The molecule has 0 bridgehead atoms. The van der Waals surface area contributed by atoms with E-state index in [4.69, 9.17) is 16.6 Å². The molecule has 0 rings (SSSR count). The van der Waals surface area contributed by atoms with Gasteiger partial charge in [0, 0.05) is 6.54 Å². The lowest BCUT2D eigenvalue weighted by Gasteiger charge is -2.27. The monoisotopic (exact) mass is 309 g/mol. The lowest BCUT2D eigenvalue weighted by Crippen LogP contribution is -2.52. The maximum atomic E-state index is 11.2. The van der Waals surface area contributed by atoms with Crippen LogP contribution in [-0.2, 0) is 4.79 Å². The molecule has 9 heteroatoms. The predicted octanol–water partition coefficient (Wildman–Crippen LogP) is -4.01. The Bertz CT molecular complexity index is 294. The summed E-state index contributed by atoms with van der Waals surface area (Å²) >= 11 is 0. The lowest BCUT2D eigenvalue weighted by molar-refractivity contribution is -0.122. The van der Waals surface area contributed by atoms with Gasteiger partial charge < -0.3 is 42.3 Å². The van der Waals surface area contributed by atoms with Crippen molar-refractivity contribution in [1.29, 1.82) is 0 Å². The molecule has 0 aliphatic carbocycles. The summed E-state index contributed by atoms with van der Waals surface area (Å²) in [6, 6.07) is -0.682. The molecule has 0 fully saturated rings. The molecule has 0 aromatic carbocycles. The number of amides is 1. The van der Waals surface area contributed by atoms with Crippen LogP contribution in [0, 0.1) is 0 Å². The van der Waals surface area contributed by atoms with Gasteiger partial charge in [0.1, 0.15) is 18.3 Å². The number of unbranched alkanes of at least 4 members (excludes halogenated alkanes) is 1. The Morgan fingerprint density at radius 3 is 2.10 bits per heavy atom. The quantitative estimate of drug-likeness (QED) is 0.168. The van der Waals surface area contributed by atoms with Crippen molar-refractivity contribution >= 4 is 5.91 Å². The van der Waals surface area contributed by atoms with Crippen molar-refractivity contribution in [3.05, 3.63) is 0 Å². The third kappa shape index (κ3) is 7.67. The summed E-state index contributed by atoms with van der Waals surface area (Å²) in [7, 11) is 0. The lowest BCUT2D eigenvalue weighted by atomic mass is 10.0. The topological polar surface area (TPSA) is 182 Å². The van der Waals surface area contributed by atoms with Gasteiger partial charge in [0.15, 0.2) is 0 Å². The molecule has 10 N–H and O–H groups in total. The maximum Gasteiger partial charge on any atom is 0.234 e. The van der Waals surface area contributed by atoms with E-state index in [1.165, 1.54) is 0 Å². The van der Waals surface area contributed by atoms with E-state index in [2.05, 4.69) is 5.32 Å². The van der Waals surface area contributed by atoms with Gasteiger partial charge in [-0.2, -0.15) is 0 Å². The smallest absolute Gasteiger partial charge is 0.234 e. The summed E-state index contributed by atoms with van der Waals surface area (Å²) < 4.78 is 0. The first-order valence-corrected chi connectivity index (χ1v) is 6.91. The summed E-state index contributed by atoms with van der Waals surface area (Å²) in [6.07, 6.45) is -4.51. The Morgan fingerprint density at radius 2 is 1.62 bits per heavy atom.